The van der Waals surface area contributed by atoms with E-state index in [9.17, 15) is 9.90 Å². The van der Waals surface area contributed by atoms with E-state index >= 15 is 0 Å². The molecule has 1 aliphatic heterocycles. The highest BCUT2D eigenvalue weighted by molar-refractivity contribution is 5.76. The van der Waals surface area contributed by atoms with Crippen molar-refractivity contribution in [2.45, 2.75) is 32.2 Å². The smallest absolute Gasteiger partial charge is 0.311 e. The van der Waals surface area contributed by atoms with Gasteiger partial charge in [0.2, 0.25) is 0 Å². The fraction of sp³-hybridized carbons (Fsp3) is 0.529. The molecular formula is C17H21N5O2. The van der Waals surface area contributed by atoms with Gasteiger partial charge in [0.1, 0.15) is 0 Å². The Bertz CT molecular complexity index is 746. The number of hydrogen-bond donors (Lipinski definition) is 1. The molecule has 0 amide bonds. The van der Waals surface area contributed by atoms with Crippen LogP contribution in [0.25, 0.3) is 5.69 Å². The van der Waals surface area contributed by atoms with Gasteiger partial charge in [0, 0.05) is 13.1 Å². The summed E-state index contributed by atoms with van der Waals surface area (Å²) in [6.07, 6.45) is 2.79. The van der Waals surface area contributed by atoms with Crippen molar-refractivity contribution in [1.82, 2.24) is 25.1 Å². The lowest BCUT2D eigenvalue weighted by molar-refractivity contribution is -0.149. The van der Waals surface area contributed by atoms with Crippen LogP contribution in [0.15, 0.2) is 30.3 Å². The molecule has 2 aliphatic rings. The quantitative estimate of drug-likeness (QED) is 0.923. The Morgan fingerprint density at radius 3 is 2.88 bits per heavy atom. The number of para-hydroxylation sites is 1. The maximum Gasteiger partial charge on any atom is 0.311 e. The molecule has 1 saturated carbocycles. The predicted molar refractivity (Wildman–Crippen MR) is 86.6 cm³/mol. The van der Waals surface area contributed by atoms with E-state index in [0.29, 0.717) is 6.54 Å². The summed E-state index contributed by atoms with van der Waals surface area (Å²) in [5.41, 5.74) is 0.330. The van der Waals surface area contributed by atoms with Gasteiger partial charge in [-0.1, -0.05) is 24.6 Å². The molecule has 126 valence electrons. The lowest BCUT2D eigenvalue weighted by Crippen LogP contribution is -2.36. The Morgan fingerprint density at radius 1 is 1.38 bits per heavy atom. The van der Waals surface area contributed by atoms with Crippen LogP contribution in [0.1, 0.15) is 38.1 Å². The maximum atomic E-state index is 11.9. The molecule has 0 bridgehead atoms. The molecule has 1 aliphatic carbocycles. The number of benzene rings is 1. The van der Waals surface area contributed by atoms with Crippen LogP contribution in [-0.4, -0.2) is 49.3 Å². The van der Waals surface area contributed by atoms with Gasteiger partial charge in [-0.15, -0.1) is 5.10 Å². The first-order valence-electron chi connectivity index (χ1n) is 8.43. The minimum atomic E-state index is -0.651. The average molecular weight is 327 g/mol. The Hall–Kier alpha value is -2.28. The summed E-state index contributed by atoms with van der Waals surface area (Å²) in [6.45, 7) is 3.44. The van der Waals surface area contributed by atoms with E-state index in [4.69, 9.17) is 0 Å². The summed E-state index contributed by atoms with van der Waals surface area (Å²) in [7, 11) is 0. The Labute approximate surface area is 140 Å². The second kappa shape index (κ2) is 5.66. The zero-order valence-corrected chi connectivity index (χ0v) is 13.7. The van der Waals surface area contributed by atoms with Gasteiger partial charge in [-0.25, -0.2) is 0 Å². The lowest BCUT2D eigenvalue weighted by Gasteiger charge is -2.26. The summed E-state index contributed by atoms with van der Waals surface area (Å²) in [5, 5.41) is 21.9. The van der Waals surface area contributed by atoms with E-state index in [2.05, 4.69) is 27.3 Å². The van der Waals surface area contributed by atoms with Crippen LogP contribution in [0.2, 0.25) is 0 Å². The Kier molecular flexibility index (Phi) is 3.60. The Morgan fingerprint density at radius 2 is 2.17 bits per heavy atom. The summed E-state index contributed by atoms with van der Waals surface area (Å²) >= 11 is 0. The van der Waals surface area contributed by atoms with Crippen LogP contribution in [0.3, 0.4) is 0 Å². The molecule has 4 rings (SSSR count). The zero-order valence-electron chi connectivity index (χ0n) is 13.7. The number of carboxylic acids is 1. The third kappa shape index (κ3) is 2.23. The molecule has 1 aromatic carbocycles. The molecule has 7 nitrogen and oxygen atoms in total. The monoisotopic (exact) mass is 327 g/mol. The third-order valence-corrected chi connectivity index (χ3v) is 5.74. The van der Waals surface area contributed by atoms with E-state index in [1.54, 1.807) is 4.68 Å². The van der Waals surface area contributed by atoms with Gasteiger partial charge in [-0.05, 0) is 48.2 Å². The number of likely N-dealkylation sites (tertiary alicyclic amines) is 1. The van der Waals surface area contributed by atoms with Gasteiger partial charge in [0.15, 0.2) is 5.82 Å². The number of fused-ring (bicyclic) bond motifs is 1. The molecule has 1 saturated heterocycles. The largest absolute Gasteiger partial charge is 0.481 e. The van der Waals surface area contributed by atoms with Crippen molar-refractivity contribution in [1.29, 1.82) is 0 Å². The van der Waals surface area contributed by atoms with E-state index < -0.39 is 11.4 Å². The third-order valence-electron chi connectivity index (χ3n) is 5.74. The van der Waals surface area contributed by atoms with Crippen LogP contribution in [-0.2, 0) is 4.79 Å². The van der Waals surface area contributed by atoms with E-state index in [-0.39, 0.29) is 12.0 Å². The van der Waals surface area contributed by atoms with Gasteiger partial charge in [-0.3, -0.25) is 9.69 Å². The van der Waals surface area contributed by atoms with E-state index in [1.807, 2.05) is 30.3 Å². The molecule has 0 spiro atoms. The molecular weight excluding hydrogens is 306 g/mol. The molecule has 1 aromatic heterocycles. The number of nitrogens with zero attached hydrogens (tertiary/aromatic N) is 5. The standard InChI is InChI=1S/C17H21N5O2/c1-12(15-18-19-20-22(15)14-7-3-2-4-8-14)21-10-13-6-5-9-17(13,11-21)16(23)24/h2-4,7-8,12-13H,5-6,9-11H2,1H3,(H,23,24)/t12?,13-,17+/m0/s1. The summed E-state index contributed by atoms with van der Waals surface area (Å²) in [5.74, 6) is 0.336. The highest BCUT2D eigenvalue weighted by Crippen LogP contribution is 2.50. The minimum absolute atomic E-state index is 0.0259. The molecule has 1 unspecified atom stereocenters. The average Bonchev–Trinajstić information content (AvgIpc) is 3.28. The van der Waals surface area contributed by atoms with Crippen molar-refractivity contribution < 1.29 is 9.90 Å². The first-order valence-corrected chi connectivity index (χ1v) is 8.43. The molecule has 0 radical (unpaired) electrons. The number of tetrazole rings is 1. The molecule has 24 heavy (non-hydrogen) atoms. The topological polar surface area (TPSA) is 84.1 Å². The summed E-state index contributed by atoms with van der Waals surface area (Å²) in [4.78, 5) is 14.1. The van der Waals surface area contributed by atoms with Crippen molar-refractivity contribution in [3.05, 3.63) is 36.2 Å². The number of rotatable bonds is 4. The molecule has 2 aromatic rings. The second-order valence-electron chi connectivity index (χ2n) is 6.94. The van der Waals surface area contributed by atoms with Gasteiger partial charge < -0.3 is 5.11 Å². The van der Waals surface area contributed by atoms with Gasteiger partial charge >= 0.3 is 5.97 Å². The van der Waals surface area contributed by atoms with Gasteiger partial charge in [0.05, 0.1) is 17.1 Å². The van der Waals surface area contributed by atoms with Crippen molar-refractivity contribution in [2.75, 3.05) is 13.1 Å². The molecule has 2 fully saturated rings. The summed E-state index contributed by atoms with van der Waals surface area (Å²) in [6, 6.07) is 9.75. The number of carboxylic acid groups (broad SMARTS) is 1. The SMILES string of the molecule is CC(c1nnnn1-c1ccccc1)N1C[C@@H]2CCC[C@@]2(C(=O)O)C1. The summed E-state index contributed by atoms with van der Waals surface area (Å²) < 4.78 is 1.74. The van der Waals surface area contributed by atoms with Gasteiger partial charge in [0.25, 0.3) is 0 Å². The Balaban J connectivity index is 1.61. The zero-order chi connectivity index (χ0) is 16.7. The normalized spacial score (nSPS) is 28.0. The van der Waals surface area contributed by atoms with Crippen LogP contribution in [0, 0.1) is 11.3 Å². The van der Waals surface area contributed by atoms with Crippen LogP contribution in [0.5, 0.6) is 0 Å². The first-order chi connectivity index (χ1) is 11.6. The van der Waals surface area contributed by atoms with Crippen LogP contribution >= 0.6 is 0 Å². The van der Waals surface area contributed by atoms with Crippen LogP contribution < -0.4 is 0 Å². The second-order valence-corrected chi connectivity index (χ2v) is 6.94. The van der Waals surface area contributed by atoms with Crippen LogP contribution in [0.4, 0.5) is 0 Å². The predicted octanol–water partition coefficient (Wildman–Crippen LogP) is 1.91. The fourth-order valence-electron chi connectivity index (χ4n) is 4.34. The molecule has 7 heteroatoms. The van der Waals surface area contributed by atoms with Crippen molar-refractivity contribution in [3.8, 4) is 5.69 Å². The molecule has 2 heterocycles. The van der Waals surface area contributed by atoms with Crippen molar-refractivity contribution >= 4 is 5.97 Å². The molecule has 1 N–H and O–H groups in total. The van der Waals surface area contributed by atoms with Crippen molar-refractivity contribution in [2.24, 2.45) is 11.3 Å². The highest BCUT2D eigenvalue weighted by Gasteiger charge is 2.55. The molecule has 3 atom stereocenters. The number of hydrogen-bond acceptors (Lipinski definition) is 5. The van der Waals surface area contributed by atoms with Gasteiger partial charge in [-0.2, -0.15) is 4.68 Å². The fourth-order valence-corrected chi connectivity index (χ4v) is 4.34. The first kappa shape index (κ1) is 15.3. The van der Waals surface area contributed by atoms with E-state index in [0.717, 1.165) is 37.3 Å². The minimum Gasteiger partial charge on any atom is -0.481 e. The lowest BCUT2D eigenvalue weighted by atomic mass is 9.81. The highest BCUT2D eigenvalue weighted by atomic mass is 16.4. The number of carbonyl (C=O) groups is 1. The number of aliphatic carboxylic acids is 1. The van der Waals surface area contributed by atoms with Crippen molar-refractivity contribution in [3.63, 3.8) is 0 Å². The number of aromatic nitrogens is 4. The van der Waals surface area contributed by atoms with E-state index in [1.165, 1.54) is 0 Å². The maximum absolute atomic E-state index is 11.9.